The van der Waals surface area contributed by atoms with Crippen molar-refractivity contribution >= 4 is 17.4 Å². The second-order valence-electron chi connectivity index (χ2n) is 8.45. The van der Waals surface area contributed by atoms with Crippen LogP contribution >= 0.6 is 0 Å². The maximum absolute atomic E-state index is 13.2. The van der Waals surface area contributed by atoms with Gasteiger partial charge in [0, 0.05) is 18.7 Å². The van der Waals surface area contributed by atoms with Crippen molar-refractivity contribution in [1.82, 2.24) is 4.90 Å². The summed E-state index contributed by atoms with van der Waals surface area (Å²) >= 11 is 0. The van der Waals surface area contributed by atoms with E-state index in [4.69, 9.17) is 18.9 Å². The highest BCUT2D eigenvalue weighted by Gasteiger charge is 2.47. The molecule has 0 bridgehead atoms. The van der Waals surface area contributed by atoms with E-state index in [1.807, 2.05) is 19.1 Å². The molecule has 0 saturated carbocycles. The number of aliphatic hydroxyl groups is 1. The van der Waals surface area contributed by atoms with Gasteiger partial charge in [0.05, 0.1) is 24.3 Å². The zero-order valence-corrected chi connectivity index (χ0v) is 19.0. The predicted octanol–water partition coefficient (Wildman–Crippen LogP) is 3.46. The van der Waals surface area contributed by atoms with E-state index in [2.05, 4.69) is 0 Å². The molecular weight excluding hydrogens is 438 g/mol. The molecule has 3 heterocycles. The molecule has 3 aliphatic rings. The first-order valence-electron chi connectivity index (χ1n) is 11.6. The first-order chi connectivity index (χ1) is 16.6. The van der Waals surface area contributed by atoms with Crippen molar-refractivity contribution in [3.63, 3.8) is 0 Å². The Kier molecular flexibility index (Phi) is 6.15. The Balaban J connectivity index is 1.58. The molecule has 34 heavy (non-hydrogen) atoms. The van der Waals surface area contributed by atoms with Gasteiger partial charge < -0.3 is 29.0 Å². The van der Waals surface area contributed by atoms with Crippen LogP contribution in [0.4, 0.5) is 0 Å². The number of carbonyl (C=O) groups excluding carboxylic acids is 2. The second-order valence-corrected chi connectivity index (χ2v) is 8.45. The van der Waals surface area contributed by atoms with Gasteiger partial charge in [-0.2, -0.15) is 0 Å². The molecule has 178 valence electrons. The highest BCUT2D eigenvalue weighted by atomic mass is 16.6. The van der Waals surface area contributed by atoms with Crippen molar-refractivity contribution in [2.24, 2.45) is 0 Å². The normalized spacial score (nSPS) is 23.4. The number of hydrogen-bond acceptors (Lipinski definition) is 7. The van der Waals surface area contributed by atoms with E-state index in [9.17, 15) is 14.7 Å². The van der Waals surface area contributed by atoms with Crippen LogP contribution in [0.2, 0.25) is 0 Å². The van der Waals surface area contributed by atoms with Gasteiger partial charge in [-0.25, -0.2) is 0 Å². The summed E-state index contributed by atoms with van der Waals surface area (Å²) in [7, 11) is 0. The number of nitrogens with zero attached hydrogens (tertiary/aromatic N) is 1. The van der Waals surface area contributed by atoms with Gasteiger partial charge in [-0.15, -0.1) is 0 Å². The Labute approximate surface area is 197 Å². The third-order valence-corrected chi connectivity index (χ3v) is 6.29. The van der Waals surface area contributed by atoms with Gasteiger partial charge >= 0.3 is 0 Å². The van der Waals surface area contributed by atoms with Crippen LogP contribution in [-0.2, 0) is 14.3 Å². The lowest BCUT2D eigenvalue weighted by molar-refractivity contribution is -0.140. The number of likely N-dealkylation sites (tertiary alicyclic amines) is 1. The molecule has 1 N–H and O–H groups in total. The van der Waals surface area contributed by atoms with Gasteiger partial charge in [-0.1, -0.05) is 12.1 Å². The number of fused-ring (bicyclic) bond motifs is 1. The van der Waals surface area contributed by atoms with E-state index in [1.54, 1.807) is 30.3 Å². The highest BCUT2D eigenvalue weighted by Crippen LogP contribution is 2.42. The maximum atomic E-state index is 13.2. The summed E-state index contributed by atoms with van der Waals surface area (Å²) in [5, 5.41) is 11.3. The van der Waals surface area contributed by atoms with Crippen LogP contribution in [0.3, 0.4) is 0 Å². The zero-order chi connectivity index (χ0) is 23.7. The smallest absolute Gasteiger partial charge is 0.295 e. The topological polar surface area (TPSA) is 94.5 Å². The lowest BCUT2D eigenvalue weighted by atomic mass is 9.95. The van der Waals surface area contributed by atoms with E-state index in [0.717, 1.165) is 12.8 Å². The minimum absolute atomic E-state index is 0.0452. The third-order valence-electron chi connectivity index (χ3n) is 6.29. The number of ether oxygens (including phenoxy) is 4. The molecule has 8 nitrogen and oxygen atoms in total. The average Bonchev–Trinajstić information content (AvgIpc) is 3.46. The molecule has 2 aromatic carbocycles. The number of amides is 1. The lowest BCUT2D eigenvalue weighted by Crippen LogP contribution is -2.36. The lowest BCUT2D eigenvalue weighted by Gasteiger charge is -2.27. The third kappa shape index (κ3) is 4.09. The van der Waals surface area contributed by atoms with E-state index in [-0.39, 0.29) is 24.0 Å². The number of rotatable bonds is 6. The maximum Gasteiger partial charge on any atom is 0.295 e. The van der Waals surface area contributed by atoms with E-state index in [0.29, 0.717) is 54.8 Å². The molecule has 0 spiro atoms. The van der Waals surface area contributed by atoms with Crippen LogP contribution in [0.25, 0.3) is 5.76 Å². The molecule has 2 fully saturated rings. The van der Waals surface area contributed by atoms with E-state index in [1.165, 1.54) is 4.90 Å². The summed E-state index contributed by atoms with van der Waals surface area (Å²) in [5.74, 6) is 0.141. The van der Waals surface area contributed by atoms with Gasteiger partial charge in [0.1, 0.15) is 24.7 Å². The largest absolute Gasteiger partial charge is 0.507 e. The fourth-order valence-electron chi connectivity index (χ4n) is 4.68. The van der Waals surface area contributed by atoms with Crippen molar-refractivity contribution in [3.8, 4) is 17.2 Å². The van der Waals surface area contributed by atoms with Crippen LogP contribution in [0.15, 0.2) is 48.0 Å². The fourth-order valence-corrected chi connectivity index (χ4v) is 4.68. The average molecular weight is 466 g/mol. The predicted molar refractivity (Wildman–Crippen MR) is 123 cm³/mol. The summed E-state index contributed by atoms with van der Waals surface area (Å²) < 4.78 is 22.5. The molecule has 0 aromatic heterocycles. The van der Waals surface area contributed by atoms with Crippen LogP contribution < -0.4 is 14.2 Å². The summed E-state index contributed by atoms with van der Waals surface area (Å²) in [6, 6.07) is 11.5. The van der Waals surface area contributed by atoms with Crippen molar-refractivity contribution in [2.45, 2.75) is 31.9 Å². The quantitative estimate of drug-likeness (QED) is 0.397. The molecule has 0 radical (unpaired) electrons. The minimum Gasteiger partial charge on any atom is -0.507 e. The van der Waals surface area contributed by atoms with Crippen molar-refractivity contribution < 1.29 is 33.6 Å². The SMILES string of the molecule is CCOc1ccc([C@H]2C(=C(O)c3ccc4c(c3)OCCO4)C(=O)C(=O)N2C[C@@H]2CCCO2)cc1. The summed E-state index contributed by atoms with van der Waals surface area (Å²) in [5.41, 5.74) is 1.14. The Morgan fingerprint density at radius 1 is 1.06 bits per heavy atom. The summed E-state index contributed by atoms with van der Waals surface area (Å²) in [4.78, 5) is 27.9. The summed E-state index contributed by atoms with van der Waals surface area (Å²) in [6.07, 6.45) is 1.60. The molecule has 2 saturated heterocycles. The molecule has 0 unspecified atom stereocenters. The van der Waals surface area contributed by atoms with Crippen LogP contribution in [-0.4, -0.2) is 60.8 Å². The molecular formula is C26H27NO7. The van der Waals surface area contributed by atoms with Gasteiger partial charge in [0.25, 0.3) is 11.7 Å². The molecule has 0 aliphatic carbocycles. The Bertz CT molecular complexity index is 1120. The van der Waals surface area contributed by atoms with Gasteiger partial charge in [-0.05, 0) is 55.7 Å². The number of hydrogen-bond donors (Lipinski definition) is 1. The van der Waals surface area contributed by atoms with Crippen LogP contribution in [0, 0.1) is 0 Å². The van der Waals surface area contributed by atoms with E-state index < -0.39 is 17.7 Å². The first kappa shape index (κ1) is 22.3. The fraction of sp³-hybridized carbons (Fsp3) is 0.385. The second kappa shape index (κ2) is 9.38. The van der Waals surface area contributed by atoms with E-state index >= 15 is 0 Å². The standard InChI is InChI=1S/C26H27NO7/c1-2-31-18-8-5-16(6-9-18)23-22(25(29)26(30)27(23)15-19-4-3-11-32-19)24(28)17-7-10-20-21(14-17)34-13-12-33-20/h5-10,14,19,23,28H,2-4,11-13,15H2,1H3/t19-,23-/m0/s1. The molecule has 2 atom stereocenters. The Morgan fingerprint density at radius 2 is 1.82 bits per heavy atom. The van der Waals surface area contributed by atoms with Crippen molar-refractivity contribution in [1.29, 1.82) is 0 Å². The number of carbonyl (C=O) groups is 2. The number of Topliss-reactive ketones (excluding diaryl/α,β-unsaturated/α-hetero) is 1. The molecule has 5 rings (SSSR count). The Hall–Kier alpha value is -3.52. The molecule has 8 heteroatoms. The number of ketones is 1. The number of benzene rings is 2. The van der Waals surface area contributed by atoms with Gasteiger partial charge in [0.2, 0.25) is 0 Å². The van der Waals surface area contributed by atoms with Crippen molar-refractivity contribution in [3.05, 3.63) is 59.2 Å². The monoisotopic (exact) mass is 465 g/mol. The van der Waals surface area contributed by atoms with Gasteiger partial charge in [0.15, 0.2) is 11.5 Å². The van der Waals surface area contributed by atoms with Crippen molar-refractivity contribution in [2.75, 3.05) is 33.0 Å². The zero-order valence-electron chi connectivity index (χ0n) is 19.0. The number of aliphatic hydroxyl groups excluding tert-OH is 1. The van der Waals surface area contributed by atoms with Crippen LogP contribution in [0.5, 0.6) is 17.2 Å². The first-order valence-corrected chi connectivity index (χ1v) is 11.6. The molecule has 1 amide bonds. The van der Waals surface area contributed by atoms with Crippen LogP contribution in [0.1, 0.15) is 36.9 Å². The minimum atomic E-state index is -0.743. The Morgan fingerprint density at radius 3 is 2.53 bits per heavy atom. The van der Waals surface area contributed by atoms with Gasteiger partial charge in [-0.3, -0.25) is 9.59 Å². The summed E-state index contributed by atoms with van der Waals surface area (Å²) in [6.45, 7) is 4.19. The molecule has 2 aromatic rings. The molecule has 3 aliphatic heterocycles. The highest BCUT2D eigenvalue weighted by molar-refractivity contribution is 6.46.